The lowest BCUT2D eigenvalue weighted by Crippen LogP contribution is -2.00. The molecule has 0 unspecified atom stereocenters. The topological polar surface area (TPSA) is 50.7 Å². The van der Waals surface area contributed by atoms with Gasteiger partial charge in [-0.3, -0.25) is 4.79 Å². The number of nitrogens with one attached hydrogen (secondary N) is 1. The summed E-state index contributed by atoms with van der Waals surface area (Å²) in [6, 6.07) is 7.98. The maximum atomic E-state index is 12.3. The van der Waals surface area contributed by atoms with Crippen molar-refractivity contribution in [2.45, 2.75) is 12.8 Å². The minimum atomic E-state index is 0.173. The van der Waals surface area contributed by atoms with Crippen molar-refractivity contribution in [2.75, 3.05) is 0 Å². The van der Waals surface area contributed by atoms with E-state index in [9.17, 15) is 4.79 Å². The number of hydrogen-bond acceptors (Lipinski definition) is 2. The van der Waals surface area contributed by atoms with Crippen molar-refractivity contribution in [1.29, 1.82) is 0 Å². The molecule has 19 heavy (non-hydrogen) atoms. The van der Waals surface area contributed by atoms with Gasteiger partial charge in [0.2, 0.25) is 0 Å². The molecule has 1 aromatic carbocycles. The van der Waals surface area contributed by atoms with Crippen molar-refractivity contribution < 1.29 is 4.79 Å². The molecule has 0 amide bonds. The van der Waals surface area contributed by atoms with Crippen LogP contribution >= 0.6 is 0 Å². The smallest absolute Gasteiger partial charge is 0.165 e. The van der Waals surface area contributed by atoms with Gasteiger partial charge in [0.1, 0.15) is 0 Å². The molecule has 2 aromatic heterocycles. The number of imidazole rings is 1. The number of aromatic amines is 1. The Morgan fingerprint density at radius 1 is 1.37 bits per heavy atom. The van der Waals surface area contributed by atoms with E-state index in [0.29, 0.717) is 12.8 Å². The van der Waals surface area contributed by atoms with E-state index < -0.39 is 0 Å². The molecule has 4 heteroatoms. The average Bonchev–Trinajstić information content (AvgIpc) is 3.05. The molecule has 0 aliphatic heterocycles. The third kappa shape index (κ3) is 2.17. The van der Waals surface area contributed by atoms with Crippen molar-refractivity contribution in [3.8, 4) is 0 Å². The van der Waals surface area contributed by atoms with Crippen LogP contribution < -0.4 is 0 Å². The Bertz CT molecular complexity index is 710. The predicted octanol–water partition coefficient (Wildman–Crippen LogP) is 2.72. The number of ketones is 1. The largest absolute Gasteiger partial charge is 0.350 e. The van der Waals surface area contributed by atoms with Gasteiger partial charge in [0.15, 0.2) is 5.78 Å². The zero-order valence-corrected chi connectivity index (χ0v) is 10.8. The van der Waals surface area contributed by atoms with E-state index in [4.69, 9.17) is 0 Å². The lowest BCUT2D eigenvalue weighted by Gasteiger charge is -1.98. The number of H-pyrrole nitrogens is 1. The van der Waals surface area contributed by atoms with Gasteiger partial charge in [-0.25, -0.2) is 4.98 Å². The van der Waals surface area contributed by atoms with Crippen LogP contribution in [-0.2, 0) is 13.5 Å². The van der Waals surface area contributed by atoms with Crippen LogP contribution in [0.1, 0.15) is 22.5 Å². The number of Topliss-reactive ketones (excluding diaryl/α,β-unsaturated/α-hetero) is 1. The first-order valence-electron chi connectivity index (χ1n) is 6.30. The van der Waals surface area contributed by atoms with Gasteiger partial charge in [0, 0.05) is 48.0 Å². The number of rotatable bonds is 4. The van der Waals surface area contributed by atoms with Crippen LogP contribution in [0.25, 0.3) is 10.9 Å². The van der Waals surface area contributed by atoms with Crippen LogP contribution in [0.5, 0.6) is 0 Å². The van der Waals surface area contributed by atoms with Crippen LogP contribution in [0.4, 0.5) is 0 Å². The number of benzene rings is 1. The van der Waals surface area contributed by atoms with Gasteiger partial charge in [-0.2, -0.15) is 0 Å². The zero-order valence-electron chi connectivity index (χ0n) is 10.8. The van der Waals surface area contributed by atoms with Gasteiger partial charge < -0.3 is 9.55 Å². The van der Waals surface area contributed by atoms with E-state index in [0.717, 1.165) is 22.2 Å². The molecule has 0 radical (unpaired) electrons. The van der Waals surface area contributed by atoms with Crippen molar-refractivity contribution in [1.82, 2.24) is 14.5 Å². The Balaban J connectivity index is 1.85. The van der Waals surface area contributed by atoms with E-state index in [1.165, 1.54) is 0 Å². The third-order valence-corrected chi connectivity index (χ3v) is 3.37. The summed E-state index contributed by atoms with van der Waals surface area (Å²) in [6.07, 6.45) is 6.51. The first-order chi connectivity index (χ1) is 9.25. The highest BCUT2D eigenvalue weighted by atomic mass is 16.1. The molecule has 0 fully saturated rings. The van der Waals surface area contributed by atoms with Crippen molar-refractivity contribution in [3.05, 3.63) is 54.2 Å². The monoisotopic (exact) mass is 253 g/mol. The van der Waals surface area contributed by atoms with E-state index in [1.807, 2.05) is 42.1 Å². The number of fused-ring (bicyclic) bond motifs is 1. The molecule has 0 aliphatic rings. The highest BCUT2D eigenvalue weighted by Gasteiger charge is 2.13. The van der Waals surface area contributed by atoms with Gasteiger partial charge >= 0.3 is 0 Å². The Kier molecular flexibility index (Phi) is 2.91. The fraction of sp³-hybridized carbons (Fsp3) is 0.200. The second-order valence-electron chi connectivity index (χ2n) is 4.67. The molecule has 2 heterocycles. The number of carbonyl (C=O) groups is 1. The molecular weight excluding hydrogens is 238 g/mol. The second-order valence-corrected chi connectivity index (χ2v) is 4.67. The predicted molar refractivity (Wildman–Crippen MR) is 74.2 cm³/mol. The Morgan fingerprint density at radius 2 is 2.21 bits per heavy atom. The molecule has 0 saturated heterocycles. The molecule has 3 aromatic rings. The number of nitrogens with zero attached hydrogens (tertiary/aromatic N) is 2. The number of para-hydroxylation sites is 1. The van der Waals surface area contributed by atoms with E-state index >= 15 is 0 Å². The molecule has 3 rings (SSSR count). The summed E-state index contributed by atoms with van der Waals surface area (Å²) in [5.41, 5.74) is 2.89. The quantitative estimate of drug-likeness (QED) is 0.727. The lowest BCUT2D eigenvalue weighted by molar-refractivity contribution is 0.0984. The molecule has 0 atom stereocenters. The summed E-state index contributed by atoms with van der Waals surface area (Å²) in [7, 11) is 1.97. The van der Waals surface area contributed by atoms with E-state index in [-0.39, 0.29) is 5.78 Å². The van der Waals surface area contributed by atoms with E-state index in [1.54, 1.807) is 12.5 Å². The Morgan fingerprint density at radius 3 is 3.00 bits per heavy atom. The van der Waals surface area contributed by atoms with Gasteiger partial charge in [0.25, 0.3) is 0 Å². The molecular formula is C15H15N3O. The average molecular weight is 253 g/mol. The van der Waals surface area contributed by atoms with Crippen LogP contribution in [0, 0.1) is 0 Å². The third-order valence-electron chi connectivity index (χ3n) is 3.37. The lowest BCUT2D eigenvalue weighted by atomic mass is 10.1. The molecule has 1 N–H and O–H groups in total. The van der Waals surface area contributed by atoms with Crippen LogP contribution in [0.2, 0.25) is 0 Å². The van der Waals surface area contributed by atoms with Crippen molar-refractivity contribution in [2.24, 2.45) is 7.05 Å². The van der Waals surface area contributed by atoms with Crippen molar-refractivity contribution in [3.63, 3.8) is 0 Å². The summed E-state index contributed by atoms with van der Waals surface area (Å²) in [6.45, 7) is 0. The first-order valence-corrected chi connectivity index (χ1v) is 6.30. The fourth-order valence-corrected chi connectivity index (χ4v) is 2.37. The maximum absolute atomic E-state index is 12.3. The Labute approximate surface area is 111 Å². The zero-order chi connectivity index (χ0) is 13.2. The van der Waals surface area contributed by atoms with Crippen LogP contribution in [0.3, 0.4) is 0 Å². The highest BCUT2D eigenvalue weighted by Crippen LogP contribution is 2.21. The van der Waals surface area contributed by atoms with Gasteiger partial charge in [0.05, 0.1) is 6.33 Å². The SMILES string of the molecule is Cn1cc(C(=O)CCc2cnc[nH]2)c2ccccc21. The molecule has 4 nitrogen and oxygen atoms in total. The number of aryl methyl sites for hydroxylation is 2. The normalized spacial score (nSPS) is 11.0. The van der Waals surface area contributed by atoms with Gasteiger partial charge in [-0.1, -0.05) is 18.2 Å². The second kappa shape index (κ2) is 4.72. The van der Waals surface area contributed by atoms with Crippen LogP contribution in [0.15, 0.2) is 43.0 Å². The summed E-state index contributed by atoms with van der Waals surface area (Å²) < 4.78 is 2.00. The minimum absolute atomic E-state index is 0.173. The maximum Gasteiger partial charge on any atom is 0.165 e. The minimum Gasteiger partial charge on any atom is -0.350 e. The number of carbonyl (C=O) groups excluding carboxylic acids is 1. The van der Waals surface area contributed by atoms with Gasteiger partial charge in [-0.05, 0) is 12.5 Å². The summed E-state index contributed by atoms with van der Waals surface area (Å²) in [5, 5.41) is 1.03. The summed E-state index contributed by atoms with van der Waals surface area (Å²) in [4.78, 5) is 19.3. The fourth-order valence-electron chi connectivity index (χ4n) is 2.37. The Hall–Kier alpha value is -2.36. The molecule has 0 spiro atoms. The molecule has 96 valence electrons. The number of aromatic nitrogens is 3. The summed E-state index contributed by atoms with van der Waals surface area (Å²) in [5.74, 6) is 0.173. The first kappa shape index (κ1) is 11.7. The van der Waals surface area contributed by atoms with Crippen molar-refractivity contribution >= 4 is 16.7 Å². The molecule has 0 aliphatic carbocycles. The van der Waals surface area contributed by atoms with Crippen LogP contribution in [-0.4, -0.2) is 20.3 Å². The van der Waals surface area contributed by atoms with Gasteiger partial charge in [-0.15, -0.1) is 0 Å². The summed E-state index contributed by atoms with van der Waals surface area (Å²) >= 11 is 0. The molecule has 0 bridgehead atoms. The van der Waals surface area contributed by atoms with E-state index in [2.05, 4.69) is 9.97 Å². The molecule has 0 saturated carbocycles. The standard InChI is InChI=1S/C15H15N3O/c1-18-9-13(12-4-2-3-5-14(12)18)15(19)7-6-11-8-16-10-17-11/h2-5,8-10H,6-7H2,1H3,(H,16,17). The highest BCUT2D eigenvalue weighted by molar-refractivity contribution is 6.08. The number of hydrogen-bond donors (Lipinski definition) is 1.